The van der Waals surface area contributed by atoms with Gasteiger partial charge >= 0.3 is 0 Å². The Morgan fingerprint density at radius 1 is 1.53 bits per heavy atom. The predicted molar refractivity (Wildman–Crippen MR) is 70.4 cm³/mol. The highest BCUT2D eigenvalue weighted by molar-refractivity contribution is 5.85. The summed E-state index contributed by atoms with van der Waals surface area (Å²) in [5.74, 6) is 0.820. The van der Waals surface area contributed by atoms with E-state index in [1.807, 2.05) is 0 Å². The van der Waals surface area contributed by atoms with Gasteiger partial charge < -0.3 is 5.73 Å². The molecule has 2 atom stereocenters. The molecule has 0 fully saturated rings. The van der Waals surface area contributed by atoms with Crippen molar-refractivity contribution in [1.82, 2.24) is 0 Å². The Morgan fingerprint density at radius 2 is 2.13 bits per heavy atom. The van der Waals surface area contributed by atoms with E-state index in [1.165, 1.54) is 19.3 Å². The Hall–Kier alpha value is -0.0100. The third kappa shape index (κ3) is 3.49. The van der Waals surface area contributed by atoms with Crippen molar-refractivity contribution in [3.8, 4) is 0 Å². The summed E-state index contributed by atoms with van der Waals surface area (Å²) in [6.07, 6.45) is 7.25. The highest BCUT2D eigenvalue weighted by Gasteiger charge is 2.34. The van der Waals surface area contributed by atoms with Crippen molar-refractivity contribution in [3.05, 3.63) is 11.6 Å². The molecule has 90 valence electrons. The summed E-state index contributed by atoms with van der Waals surface area (Å²) in [7, 11) is 0. The molecule has 0 bridgehead atoms. The first kappa shape index (κ1) is 15.0. The third-order valence-corrected chi connectivity index (χ3v) is 4.16. The van der Waals surface area contributed by atoms with Crippen LogP contribution in [0.15, 0.2) is 11.6 Å². The van der Waals surface area contributed by atoms with Crippen molar-refractivity contribution in [1.29, 1.82) is 0 Å². The van der Waals surface area contributed by atoms with Gasteiger partial charge in [0.05, 0.1) is 0 Å². The molecule has 1 aliphatic rings. The summed E-state index contributed by atoms with van der Waals surface area (Å²) in [5.41, 5.74) is 7.93. The largest absolute Gasteiger partial charge is 0.328 e. The van der Waals surface area contributed by atoms with E-state index in [9.17, 15) is 0 Å². The molecule has 0 saturated carbocycles. The average Bonchev–Trinajstić information content (AvgIpc) is 2.39. The summed E-state index contributed by atoms with van der Waals surface area (Å²) in [4.78, 5) is 0. The van der Waals surface area contributed by atoms with E-state index in [-0.39, 0.29) is 12.4 Å². The molecule has 0 spiro atoms. The Kier molecular flexibility index (Phi) is 5.90. The Labute approximate surface area is 101 Å². The Bertz CT molecular complexity index is 221. The van der Waals surface area contributed by atoms with Crippen LogP contribution in [0.2, 0.25) is 0 Å². The highest BCUT2D eigenvalue weighted by Crippen LogP contribution is 2.45. The van der Waals surface area contributed by atoms with Crippen LogP contribution in [0.1, 0.15) is 53.4 Å². The van der Waals surface area contributed by atoms with Crippen molar-refractivity contribution in [2.75, 3.05) is 0 Å². The van der Waals surface area contributed by atoms with Crippen LogP contribution in [0.25, 0.3) is 0 Å². The standard InChI is InChI=1S/C13H25N.ClH/c1-5-12(14)9-8-11-7-6-10(2)13(11,3)4;/h6,11-12H,5,7-9,14H2,1-4H3;1H. The summed E-state index contributed by atoms with van der Waals surface area (Å²) >= 11 is 0. The van der Waals surface area contributed by atoms with E-state index in [1.54, 1.807) is 5.57 Å². The van der Waals surface area contributed by atoms with E-state index < -0.39 is 0 Å². The zero-order valence-electron chi connectivity index (χ0n) is 10.5. The van der Waals surface area contributed by atoms with E-state index in [4.69, 9.17) is 5.73 Å². The van der Waals surface area contributed by atoms with Gasteiger partial charge in [-0.1, -0.05) is 32.4 Å². The van der Waals surface area contributed by atoms with Crippen molar-refractivity contribution in [2.24, 2.45) is 17.1 Å². The molecule has 1 aliphatic carbocycles. The second-order valence-corrected chi connectivity index (χ2v) is 5.29. The number of halogens is 1. The molecular weight excluding hydrogens is 206 g/mol. The van der Waals surface area contributed by atoms with Gasteiger partial charge in [0.1, 0.15) is 0 Å². The van der Waals surface area contributed by atoms with Crippen LogP contribution < -0.4 is 5.73 Å². The Balaban J connectivity index is 0.00000196. The minimum absolute atomic E-state index is 0. The average molecular weight is 232 g/mol. The molecule has 0 saturated heterocycles. The van der Waals surface area contributed by atoms with Gasteiger partial charge in [-0.25, -0.2) is 0 Å². The molecule has 0 aliphatic heterocycles. The van der Waals surface area contributed by atoms with Crippen LogP contribution >= 0.6 is 12.4 Å². The molecular formula is C13H26ClN. The van der Waals surface area contributed by atoms with E-state index in [0.717, 1.165) is 12.3 Å². The fraction of sp³-hybridized carbons (Fsp3) is 0.846. The van der Waals surface area contributed by atoms with Crippen molar-refractivity contribution < 1.29 is 0 Å². The molecule has 2 heteroatoms. The molecule has 0 heterocycles. The minimum atomic E-state index is 0. The lowest BCUT2D eigenvalue weighted by Gasteiger charge is -2.30. The van der Waals surface area contributed by atoms with Gasteiger partial charge in [0, 0.05) is 6.04 Å². The molecule has 0 aromatic rings. The number of hydrogen-bond acceptors (Lipinski definition) is 1. The summed E-state index contributed by atoms with van der Waals surface area (Å²) < 4.78 is 0. The highest BCUT2D eigenvalue weighted by atomic mass is 35.5. The first-order chi connectivity index (χ1) is 6.48. The number of allylic oxidation sites excluding steroid dienone is 2. The number of hydrogen-bond donors (Lipinski definition) is 1. The Morgan fingerprint density at radius 3 is 2.53 bits per heavy atom. The molecule has 2 unspecified atom stereocenters. The van der Waals surface area contributed by atoms with Gasteiger partial charge in [-0.05, 0) is 43.9 Å². The minimum Gasteiger partial charge on any atom is -0.328 e. The first-order valence-electron chi connectivity index (χ1n) is 5.91. The van der Waals surface area contributed by atoms with Crippen molar-refractivity contribution in [3.63, 3.8) is 0 Å². The summed E-state index contributed by atoms with van der Waals surface area (Å²) in [5, 5.41) is 0. The van der Waals surface area contributed by atoms with Gasteiger partial charge in [0.2, 0.25) is 0 Å². The third-order valence-electron chi connectivity index (χ3n) is 4.16. The van der Waals surface area contributed by atoms with Gasteiger partial charge in [-0.3, -0.25) is 0 Å². The zero-order valence-corrected chi connectivity index (χ0v) is 11.4. The van der Waals surface area contributed by atoms with E-state index in [2.05, 4.69) is 33.8 Å². The molecule has 0 aromatic carbocycles. The topological polar surface area (TPSA) is 26.0 Å². The van der Waals surface area contributed by atoms with Gasteiger partial charge in [-0.2, -0.15) is 0 Å². The molecule has 1 nitrogen and oxygen atoms in total. The molecule has 0 radical (unpaired) electrons. The molecule has 2 N–H and O–H groups in total. The quantitative estimate of drug-likeness (QED) is 0.730. The maximum Gasteiger partial charge on any atom is 0.00363 e. The molecule has 0 amide bonds. The molecule has 15 heavy (non-hydrogen) atoms. The predicted octanol–water partition coefficient (Wildman–Crippen LogP) is 3.92. The summed E-state index contributed by atoms with van der Waals surface area (Å²) in [6.45, 7) is 9.18. The van der Waals surface area contributed by atoms with Crippen LogP contribution in [0.4, 0.5) is 0 Å². The summed E-state index contributed by atoms with van der Waals surface area (Å²) in [6, 6.07) is 0.409. The smallest absolute Gasteiger partial charge is 0.00363 e. The van der Waals surface area contributed by atoms with Gasteiger partial charge in [0.25, 0.3) is 0 Å². The number of rotatable bonds is 4. The van der Waals surface area contributed by atoms with Crippen LogP contribution in [-0.2, 0) is 0 Å². The van der Waals surface area contributed by atoms with E-state index in [0.29, 0.717) is 11.5 Å². The maximum atomic E-state index is 5.96. The lowest BCUT2D eigenvalue weighted by molar-refractivity contribution is 0.263. The van der Waals surface area contributed by atoms with Gasteiger partial charge in [0.15, 0.2) is 0 Å². The van der Waals surface area contributed by atoms with Crippen LogP contribution in [-0.4, -0.2) is 6.04 Å². The van der Waals surface area contributed by atoms with Crippen molar-refractivity contribution >= 4 is 12.4 Å². The molecule has 1 rings (SSSR count). The van der Waals surface area contributed by atoms with Crippen LogP contribution in [0, 0.1) is 11.3 Å². The zero-order chi connectivity index (χ0) is 10.8. The first-order valence-corrected chi connectivity index (χ1v) is 5.91. The lowest BCUT2D eigenvalue weighted by atomic mass is 9.75. The molecule has 0 aromatic heterocycles. The lowest BCUT2D eigenvalue weighted by Crippen LogP contribution is -2.24. The second kappa shape index (κ2) is 5.91. The van der Waals surface area contributed by atoms with Gasteiger partial charge in [-0.15, -0.1) is 12.4 Å². The van der Waals surface area contributed by atoms with Crippen LogP contribution in [0.3, 0.4) is 0 Å². The normalized spacial score (nSPS) is 25.7. The second-order valence-electron chi connectivity index (χ2n) is 5.29. The monoisotopic (exact) mass is 231 g/mol. The van der Waals surface area contributed by atoms with Crippen molar-refractivity contribution in [2.45, 2.75) is 59.4 Å². The fourth-order valence-corrected chi connectivity index (χ4v) is 2.30. The SMILES string of the molecule is CCC(N)CCC1CC=C(C)C1(C)C.Cl. The van der Waals surface area contributed by atoms with E-state index >= 15 is 0 Å². The number of nitrogens with two attached hydrogens (primary N) is 1. The maximum absolute atomic E-state index is 5.96. The van der Waals surface area contributed by atoms with Crippen LogP contribution in [0.5, 0.6) is 0 Å². The fourth-order valence-electron chi connectivity index (χ4n) is 2.30.